The molecule has 0 aliphatic rings. The number of carbonyl (C=O) groups is 1. The third kappa shape index (κ3) is 3.06. The Bertz CT molecular complexity index is 258. The van der Waals surface area contributed by atoms with E-state index in [0.29, 0.717) is 0 Å². The summed E-state index contributed by atoms with van der Waals surface area (Å²) in [4.78, 5) is 10.8. The zero-order valence-electron chi connectivity index (χ0n) is 6.08. The van der Waals surface area contributed by atoms with Crippen LogP contribution in [0.1, 0.15) is 0 Å². The number of hydrogen-bond acceptors (Lipinski definition) is 1. The number of rotatable bonds is 2. The first kappa shape index (κ1) is 10.5. The minimum atomic E-state index is -0.184. The summed E-state index contributed by atoms with van der Waals surface area (Å²) in [5.41, 5.74) is 0.789. The van der Waals surface area contributed by atoms with Crippen molar-refractivity contribution in [2.45, 2.75) is 0 Å². The molecule has 0 heterocycles. The molecule has 1 aromatic rings. The highest BCUT2D eigenvalue weighted by Gasteiger charge is 1.92. The molecule has 0 aromatic heterocycles. The van der Waals surface area contributed by atoms with Crippen molar-refractivity contribution in [2.75, 3.05) is 5.32 Å². The molecule has 0 radical (unpaired) electrons. The Morgan fingerprint density at radius 1 is 1.33 bits per heavy atom. The second-order valence-corrected chi connectivity index (χ2v) is 2.06. The Morgan fingerprint density at radius 2 is 1.92 bits per heavy atom. The second-order valence-electron chi connectivity index (χ2n) is 2.06. The fraction of sp³-hybridized carbons (Fsp3) is 0. The van der Waals surface area contributed by atoms with Crippen molar-refractivity contribution in [3.05, 3.63) is 43.0 Å². The van der Waals surface area contributed by atoms with E-state index >= 15 is 0 Å². The van der Waals surface area contributed by atoms with Crippen LogP contribution in [0.3, 0.4) is 0 Å². The maximum atomic E-state index is 10.8. The van der Waals surface area contributed by atoms with Gasteiger partial charge in [0.15, 0.2) is 0 Å². The minimum absolute atomic E-state index is 0. The number of para-hydroxylation sites is 1. The van der Waals surface area contributed by atoms with Gasteiger partial charge in [-0.2, -0.15) is 0 Å². The van der Waals surface area contributed by atoms with Crippen LogP contribution in [0.5, 0.6) is 0 Å². The van der Waals surface area contributed by atoms with E-state index in [1.165, 1.54) is 6.08 Å². The van der Waals surface area contributed by atoms with Crippen LogP contribution in [0.2, 0.25) is 0 Å². The molecule has 0 spiro atoms. The zero-order valence-corrected chi connectivity index (χ0v) is 6.08. The van der Waals surface area contributed by atoms with Gasteiger partial charge >= 0.3 is 0 Å². The van der Waals surface area contributed by atoms with Crippen molar-refractivity contribution in [3.63, 3.8) is 0 Å². The number of nitrogens with one attached hydrogen (secondary N) is 1. The SMILES string of the molecule is B.C=CC(=O)Nc1ccccc1. The maximum Gasteiger partial charge on any atom is 0.247 e. The summed E-state index contributed by atoms with van der Waals surface area (Å²) in [6, 6.07) is 9.25. The molecule has 12 heavy (non-hydrogen) atoms. The van der Waals surface area contributed by atoms with Crippen molar-refractivity contribution < 1.29 is 4.79 Å². The standard InChI is InChI=1S/C9H9NO.BH3/c1-2-9(11)10-8-6-4-3-5-7-8;/h2-7H,1H2,(H,10,11);1H3. The summed E-state index contributed by atoms with van der Waals surface area (Å²) >= 11 is 0. The molecule has 0 bridgehead atoms. The van der Waals surface area contributed by atoms with E-state index in [1.54, 1.807) is 0 Å². The molecule has 0 unspecified atom stereocenters. The van der Waals surface area contributed by atoms with E-state index < -0.39 is 0 Å². The molecule has 0 fully saturated rings. The molecule has 1 amide bonds. The number of anilines is 1. The first-order valence-electron chi connectivity index (χ1n) is 3.31. The smallest absolute Gasteiger partial charge is 0.247 e. The lowest BCUT2D eigenvalue weighted by atomic mass is 10.3. The molecule has 0 aliphatic heterocycles. The number of carbonyl (C=O) groups excluding carboxylic acids is 1. The molecule has 0 saturated heterocycles. The van der Waals surface area contributed by atoms with Crippen LogP contribution in [0.25, 0.3) is 0 Å². The van der Waals surface area contributed by atoms with Crippen molar-refractivity contribution in [1.82, 2.24) is 0 Å². The molecule has 1 N–H and O–H groups in total. The molecule has 3 heteroatoms. The van der Waals surface area contributed by atoms with Gasteiger partial charge in [-0.25, -0.2) is 0 Å². The van der Waals surface area contributed by atoms with Gasteiger partial charge in [0.25, 0.3) is 0 Å². The van der Waals surface area contributed by atoms with Crippen LogP contribution >= 0.6 is 0 Å². The Balaban J connectivity index is 0.00000121. The van der Waals surface area contributed by atoms with Crippen molar-refractivity contribution in [1.29, 1.82) is 0 Å². The summed E-state index contributed by atoms with van der Waals surface area (Å²) in [5, 5.41) is 2.63. The van der Waals surface area contributed by atoms with Crippen LogP contribution in [-0.2, 0) is 4.79 Å². The van der Waals surface area contributed by atoms with E-state index in [4.69, 9.17) is 0 Å². The van der Waals surface area contributed by atoms with Crippen molar-refractivity contribution in [3.8, 4) is 0 Å². The summed E-state index contributed by atoms with van der Waals surface area (Å²) in [7, 11) is 0. The van der Waals surface area contributed by atoms with Gasteiger partial charge in [0, 0.05) is 5.69 Å². The van der Waals surface area contributed by atoms with Crippen LogP contribution < -0.4 is 5.32 Å². The summed E-state index contributed by atoms with van der Waals surface area (Å²) in [5.74, 6) is -0.184. The average molecular weight is 161 g/mol. The molecule has 0 saturated carbocycles. The highest BCUT2D eigenvalue weighted by molar-refractivity contribution is 5.98. The lowest BCUT2D eigenvalue weighted by Gasteiger charge is -1.98. The predicted molar refractivity (Wildman–Crippen MR) is 55.2 cm³/mol. The van der Waals surface area contributed by atoms with Crippen LogP contribution in [0, 0.1) is 0 Å². The van der Waals surface area contributed by atoms with E-state index in [-0.39, 0.29) is 14.3 Å². The van der Waals surface area contributed by atoms with E-state index in [1.807, 2.05) is 30.3 Å². The van der Waals surface area contributed by atoms with Crippen LogP contribution in [0.4, 0.5) is 5.69 Å². The molecule has 0 atom stereocenters. The Labute approximate surface area is 73.9 Å². The van der Waals surface area contributed by atoms with Gasteiger partial charge in [0.05, 0.1) is 8.41 Å². The quantitative estimate of drug-likeness (QED) is 0.500. The highest BCUT2D eigenvalue weighted by Crippen LogP contribution is 2.03. The molecule has 0 aliphatic carbocycles. The largest absolute Gasteiger partial charge is 0.323 e. The number of benzene rings is 1. The molecule has 62 valence electrons. The minimum Gasteiger partial charge on any atom is -0.323 e. The Hall–Kier alpha value is -1.51. The van der Waals surface area contributed by atoms with Crippen molar-refractivity contribution in [2.24, 2.45) is 0 Å². The lowest BCUT2D eigenvalue weighted by Crippen LogP contribution is -2.06. The zero-order chi connectivity index (χ0) is 8.10. The number of hydrogen-bond donors (Lipinski definition) is 1. The lowest BCUT2D eigenvalue weighted by molar-refractivity contribution is -0.111. The molecular weight excluding hydrogens is 149 g/mol. The van der Waals surface area contributed by atoms with Gasteiger partial charge in [-0.1, -0.05) is 24.8 Å². The molecular formula is C9H12BNO. The van der Waals surface area contributed by atoms with Gasteiger partial charge in [-0.05, 0) is 18.2 Å². The van der Waals surface area contributed by atoms with E-state index in [0.717, 1.165) is 5.69 Å². The third-order valence-electron chi connectivity index (χ3n) is 1.23. The van der Waals surface area contributed by atoms with Gasteiger partial charge in [0.2, 0.25) is 5.91 Å². The summed E-state index contributed by atoms with van der Waals surface area (Å²) in [6.45, 7) is 3.34. The first-order valence-corrected chi connectivity index (χ1v) is 3.31. The number of amides is 1. The fourth-order valence-corrected chi connectivity index (χ4v) is 0.715. The monoisotopic (exact) mass is 161 g/mol. The average Bonchev–Trinajstić information content (AvgIpc) is 2.06. The topological polar surface area (TPSA) is 29.1 Å². The van der Waals surface area contributed by atoms with Gasteiger partial charge in [0.1, 0.15) is 0 Å². The Morgan fingerprint density at radius 3 is 2.42 bits per heavy atom. The van der Waals surface area contributed by atoms with Crippen molar-refractivity contribution >= 4 is 20.0 Å². The summed E-state index contributed by atoms with van der Waals surface area (Å²) in [6.07, 6.45) is 1.24. The highest BCUT2D eigenvalue weighted by atomic mass is 16.1. The Kier molecular flexibility index (Phi) is 4.54. The molecule has 2 nitrogen and oxygen atoms in total. The van der Waals surface area contributed by atoms with Gasteiger partial charge in [-0.3, -0.25) is 4.79 Å². The first-order chi connectivity index (χ1) is 5.33. The molecule has 1 rings (SSSR count). The van der Waals surface area contributed by atoms with E-state index in [2.05, 4.69) is 11.9 Å². The molecule has 1 aromatic carbocycles. The van der Waals surface area contributed by atoms with Gasteiger partial charge in [-0.15, -0.1) is 0 Å². The van der Waals surface area contributed by atoms with Crippen LogP contribution in [0.15, 0.2) is 43.0 Å². The fourth-order valence-electron chi connectivity index (χ4n) is 0.715. The van der Waals surface area contributed by atoms with Gasteiger partial charge < -0.3 is 5.32 Å². The second kappa shape index (κ2) is 5.19. The van der Waals surface area contributed by atoms with E-state index in [9.17, 15) is 4.79 Å². The normalized spacial score (nSPS) is 8.00. The summed E-state index contributed by atoms with van der Waals surface area (Å²) < 4.78 is 0. The predicted octanol–water partition coefficient (Wildman–Crippen LogP) is 0.627. The van der Waals surface area contributed by atoms with Crippen LogP contribution in [-0.4, -0.2) is 14.3 Å². The maximum absolute atomic E-state index is 10.8. The third-order valence-corrected chi connectivity index (χ3v) is 1.23.